The van der Waals surface area contributed by atoms with Crippen molar-refractivity contribution in [3.8, 4) is 0 Å². The third kappa shape index (κ3) is 3.80. The first-order chi connectivity index (χ1) is 7.38. The van der Waals surface area contributed by atoms with E-state index >= 15 is 0 Å². The summed E-state index contributed by atoms with van der Waals surface area (Å²) >= 11 is 1.94. The molecule has 2 saturated heterocycles. The molecule has 0 aromatic carbocycles. The normalized spacial score (nSPS) is 26.8. The van der Waals surface area contributed by atoms with E-state index in [1.54, 1.807) is 0 Å². The number of morpholine rings is 1. The highest BCUT2D eigenvalue weighted by molar-refractivity contribution is 7.99. The molecular formula is C10H19ClN2O2S. The number of nitrogens with zero attached hydrogens (tertiary/aromatic N) is 1. The van der Waals surface area contributed by atoms with Crippen molar-refractivity contribution in [2.24, 2.45) is 0 Å². The number of ether oxygens (including phenoxy) is 1. The summed E-state index contributed by atoms with van der Waals surface area (Å²) in [5.74, 6) is 2.47. The summed E-state index contributed by atoms with van der Waals surface area (Å²) in [4.78, 5) is 14.1. The first kappa shape index (κ1) is 14.1. The Kier molecular flexibility index (Phi) is 6.49. The highest BCUT2D eigenvalue weighted by atomic mass is 35.5. The largest absolute Gasteiger partial charge is 0.378 e. The maximum Gasteiger partial charge on any atom is 0.242 e. The van der Waals surface area contributed by atoms with Crippen LogP contribution in [0.15, 0.2) is 0 Å². The van der Waals surface area contributed by atoms with Gasteiger partial charge in [0.05, 0.1) is 13.2 Å². The monoisotopic (exact) mass is 266 g/mol. The van der Waals surface area contributed by atoms with E-state index in [9.17, 15) is 4.79 Å². The van der Waals surface area contributed by atoms with Gasteiger partial charge in [0.25, 0.3) is 0 Å². The van der Waals surface area contributed by atoms with Crippen LogP contribution in [0.3, 0.4) is 0 Å². The Labute approximate surface area is 107 Å². The number of amides is 1. The van der Waals surface area contributed by atoms with Crippen molar-refractivity contribution in [2.75, 3.05) is 44.4 Å². The van der Waals surface area contributed by atoms with E-state index in [4.69, 9.17) is 4.74 Å². The number of hydrogen-bond donors (Lipinski definition) is 1. The third-order valence-electron chi connectivity index (χ3n) is 2.75. The van der Waals surface area contributed by atoms with Crippen molar-refractivity contribution in [3.63, 3.8) is 0 Å². The lowest BCUT2D eigenvalue weighted by atomic mass is 10.2. The number of carbonyl (C=O) groups is 1. The molecule has 16 heavy (non-hydrogen) atoms. The minimum absolute atomic E-state index is 0. The number of nitrogens with one attached hydrogen (secondary N) is 1. The second-order valence-corrected chi connectivity index (χ2v) is 5.10. The Balaban J connectivity index is 0.00000128. The molecule has 2 aliphatic heterocycles. The predicted octanol–water partition coefficient (Wildman–Crippen LogP) is 0.362. The average Bonchev–Trinajstić information content (AvgIpc) is 2.58. The molecule has 2 rings (SSSR count). The van der Waals surface area contributed by atoms with E-state index in [-0.39, 0.29) is 24.4 Å². The summed E-state index contributed by atoms with van der Waals surface area (Å²) in [6, 6.07) is -0.109. The number of thioether (sulfide) groups is 1. The molecule has 2 aliphatic rings. The quantitative estimate of drug-likeness (QED) is 0.744. The zero-order chi connectivity index (χ0) is 10.5. The fraction of sp³-hybridized carbons (Fsp3) is 0.900. The van der Waals surface area contributed by atoms with Crippen LogP contribution in [0.1, 0.15) is 6.42 Å². The van der Waals surface area contributed by atoms with Crippen LogP contribution in [0.5, 0.6) is 0 Å². The van der Waals surface area contributed by atoms with Gasteiger partial charge >= 0.3 is 0 Å². The number of rotatable bonds is 1. The van der Waals surface area contributed by atoms with Crippen LogP contribution in [-0.2, 0) is 9.53 Å². The summed E-state index contributed by atoms with van der Waals surface area (Å²) in [6.07, 6.45) is 1.12. The molecule has 0 saturated carbocycles. The zero-order valence-electron chi connectivity index (χ0n) is 9.31. The minimum atomic E-state index is -0.109. The van der Waals surface area contributed by atoms with Crippen LogP contribution in [0.4, 0.5) is 0 Å². The standard InChI is InChI=1S/C10H18N2O2S.ClH/c13-10(9-8-14-5-2-11-9)12-3-1-6-15-7-4-12;/h9,11H,1-8H2;1H. The van der Waals surface area contributed by atoms with Gasteiger partial charge in [-0.15, -0.1) is 12.4 Å². The number of carbonyl (C=O) groups excluding carboxylic acids is 1. The molecule has 6 heteroatoms. The van der Waals surface area contributed by atoms with E-state index < -0.39 is 0 Å². The highest BCUT2D eigenvalue weighted by Crippen LogP contribution is 2.11. The number of halogens is 1. The molecule has 0 aliphatic carbocycles. The van der Waals surface area contributed by atoms with Crippen molar-refractivity contribution in [1.82, 2.24) is 10.2 Å². The van der Waals surface area contributed by atoms with Crippen molar-refractivity contribution >= 4 is 30.1 Å². The van der Waals surface area contributed by atoms with Crippen LogP contribution in [0.2, 0.25) is 0 Å². The molecule has 2 heterocycles. The molecule has 0 radical (unpaired) electrons. The van der Waals surface area contributed by atoms with Crippen molar-refractivity contribution in [3.05, 3.63) is 0 Å². The minimum Gasteiger partial charge on any atom is -0.378 e. The molecule has 0 spiro atoms. The van der Waals surface area contributed by atoms with Gasteiger partial charge in [-0.25, -0.2) is 0 Å². The molecule has 2 fully saturated rings. The topological polar surface area (TPSA) is 41.6 Å². The fourth-order valence-electron chi connectivity index (χ4n) is 1.91. The van der Waals surface area contributed by atoms with E-state index in [1.165, 1.54) is 5.75 Å². The first-order valence-electron chi connectivity index (χ1n) is 5.55. The van der Waals surface area contributed by atoms with Crippen LogP contribution >= 0.6 is 24.2 Å². The number of hydrogen-bond acceptors (Lipinski definition) is 4. The molecule has 4 nitrogen and oxygen atoms in total. The van der Waals surface area contributed by atoms with Gasteiger partial charge < -0.3 is 15.0 Å². The fourth-order valence-corrected chi connectivity index (χ4v) is 2.80. The molecule has 0 bridgehead atoms. The third-order valence-corrected chi connectivity index (χ3v) is 3.80. The molecule has 94 valence electrons. The Bertz CT molecular complexity index is 217. The van der Waals surface area contributed by atoms with E-state index in [0.29, 0.717) is 6.61 Å². The van der Waals surface area contributed by atoms with Gasteiger partial charge in [-0.1, -0.05) is 0 Å². The molecule has 1 N–H and O–H groups in total. The van der Waals surface area contributed by atoms with E-state index in [2.05, 4.69) is 5.32 Å². The van der Waals surface area contributed by atoms with Gasteiger partial charge in [0.2, 0.25) is 5.91 Å². The molecule has 0 aromatic heterocycles. The molecule has 1 unspecified atom stereocenters. The van der Waals surface area contributed by atoms with Crippen LogP contribution in [0.25, 0.3) is 0 Å². The van der Waals surface area contributed by atoms with Crippen LogP contribution in [-0.4, -0.2) is 61.2 Å². The van der Waals surface area contributed by atoms with Gasteiger partial charge in [-0.2, -0.15) is 11.8 Å². The van der Waals surface area contributed by atoms with Crippen molar-refractivity contribution < 1.29 is 9.53 Å². The maximum absolute atomic E-state index is 12.1. The Morgan fingerprint density at radius 1 is 1.38 bits per heavy atom. The SMILES string of the molecule is Cl.O=C(C1COCCN1)N1CCCSCC1. The van der Waals surface area contributed by atoms with Crippen LogP contribution < -0.4 is 5.32 Å². The molecule has 1 amide bonds. The van der Waals surface area contributed by atoms with Crippen LogP contribution in [0, 0.1) is 0 Å². The van der Waals surface area contributed by atoms with Gasteiger partial charge in [-0.05, 0) is 12.2 Å². The Morgan fingerprint density at radius 2 is 2.25 bits per heavy atom. The average molecular weight is 267 g/mol. The molecule has 1 atom stereocenters. The molecular weight excluding hydrogens is 248 g/mol. The van der Waals surface area contributed by atoms with Gasteiger partial charge in [0.1, 0.15) is 6.04 Å². The Morgan fingerprint density at radius 3 is 3.00 bits per heavy atom. The lowest BCUT2D eigenvalue weighted by Gasteiger charge is -2.29. The summed E-state index contributed by atoms with van der Waals surface area (Å²) in [5, 5.41) is 3.21. The Hall–Kier alpha value is 0.0300. The van der Waals surface area contributed by atoms with E-state index in [0.717, 1.165) is 38.4 Å². The van der Waals surface area contributed by atoms with Gasteiger partial charge in [-0.3, -0.25) is 4.79 Å². The van der Waals surface area contributed by atoms with Gasteiger partial charge in [0.15, 0.2) is 0 Å². The lowest BCUT2D eigenvalue weighted by molar-refractivity contribution is -0.136. The summed E-state index contributed by atoms with van der Waals surface area (Å²) < 4.78 is 5.31. The van der Waals surface area contributed by atoms with Crippen molar-refractivity contribution in [1.29, 1.82) is 0 Å². The molecule has 0 aromatic rings. The maximum atomic E-state index is 12.1. The first-order valence-corrected chi connectivity index (χ1v) is 6.71. The predicted molar refractivity (Wildman–Crippen MR) is 68.4 cm³/mol. The summed E-state index contributed by atoms with van der Waals surface area (Å²) in [5.41, 5.74) is 0. The van der Waals surface area contributed by atoms with Gasteiger partial charge in [0, 0.05) is 25.4 Å². The van der Waals surface area contributed by atoms with E-state index in [1.807, 2.05) is 16.7 Å². The smallest absolute Gasteiger partial charge is 0.242 e. The second-order valence-electron chi connectivity index (χ2n) is 3.87. The summed E-state index contributed by atoms with van der Waals surface area (Å²) in [6.45, 7) is 3.84. The lowest BCUT2D eigenvalue weighted by Crippen LogP contribution is -2.53. The van der Waals surface area contributed by atoms with Crippen molar-refractivity contribution in [2.45, 2.75) is 12.5 Å². The zero-order valence-corrected chi connectivity index (χ0v) is 10.9. The summed E-state index contributed by atoms with van der Waals surface area (Å²) in [7, 11) is 0. The second kappa shape index (κ2) is 7.37. The highest BCUT2D eigenvalue weighted by Gasteiger charge is 2.26.